The molecule has 17 aromatic rings. The monoisotopic (exact) mass is 1140 g/mol. The minimum Gasteiger partial charge on any atom is -0.306 e. The Bertz CT molecular complexity index is 5530. The molecule has 0 radical (unpaired) electrons. The zero-order valence-corrected chi connectivity index (χ0v) is 45.0. The summed E-state index contributed by atoms with van der Waals surface area (Å²) < 4.78 is 101. The van der Waals surface area contributed by atoms with E-state index in [0.717, 1.165) is 97.2 Å². The molecule has 11 aromatic carbocycles. The van der Waals surface area contributed by atoms with Gasteiger partial charge in [0.1, 0.15) is 23.3 Å². The van der Waals surface area contributed by atoms with Crippen molar-refractivity contribution in [2.45, 2.75) is 12.4 Å². The number of benzene rings is 11. The average Bonchev–Trinajstić information content (AvgIpc) is 1.50. The van der Waals surface area contributed by atoms with E-state index in [1.165, 1.54) is 12.1 Å². The molecule has 6 nitrogen and oxygen atoms in total. The van der Waals surface area contributed by atoms with Gasteiger partial charge in [-0.05, 0) is 72.8 Å². The van der Waals surface area contributed by atoms with E-state index < -0.39 is 23.5 Å². The fourth-order valence-electron chi connectivity index (χ4n) is 13.5. The molecular weight excluding hydrogens is 1100 g/mol. The molecule has 84 heavy (non-hydrogen) atoms. The van der Waals surface area contributed by atoms with Crippen LogP contribution < -0.4 is 0 Å². The summed E-state index contributed by atoms with van der Waals surface area (Å²) in [5.41, 5.74) is 3.55. The van der Waals surface area contributed by atoms with Crippen molar-refractivity contribution in [1.82, 2.24) is 18.3 Å². The predicted molar refractivity (Wildman–Crippen MR) is 329 cm³/mol. The van der Waals surface area contributed by atoms with Crippen LogP contribution in [0.25, 0.3) is 150 Å². The first-order valence-electron chi connectivity index (χ1n) is 26.8. The quantitative estimate of drug-likeness (QED) is 0.165. The highest BCUT2D eigenvalue weighted by Crippen LogP contribution is 2.52. The molecule has 17 rings (SSSR count). The van der Waals surface area contributed by atoms with Crippen LogP contribution in [0.2, 0.25) is 0 Å². The molecule has 0 aliphatic carbocycles. The molecule has 6 heterocycles. The predicted octanol–water partition coefficient (Wildman–Crippen LogP) is 20.6. The fourth-order valence-corrected chi connectivity index (χ4v) is 16.0. The molecule has 0 spiro atoms. The second-order valence-corrected chi connectivity index (χ2v) is 23.2. The van der Waals surface area contributed by atoms with Gasteiger partial charge >= 0.3 is 12.4 Å². The molecule has 0 amide bonds. The van der Waals surface area contributed by atoms with Gasteiger partial charge in [-0.3, -0.25) is 0 Å². The summed E-state index contributed by atoms with van der Waals surface area (Å²) >= 11 is 3.22. The number of hydrogen-bond donors (Lipinski definition) is 0. The van der Waals surface area contributed by atoms with Gasteiger partial charge < -0.3 is 18.3 Å². The van der Waals surface area contributed by atoms with Crippen LogP contribution in [0.1, 0.15) is 22.3 Å². The topological polar surface area (TPSA) is 67.3 Å². The minimum atomic E-state index is -4.72. The number of nitriles is 2. The number of aromatic nitrogens is 4. The van der Waals surface area contributed by atoms with Crippen molar-refractivity contribution in [3.63, 3.8) is 0 Å². The maximum Gasteiger partial charge on any atom is 0.416 e. The first-order chi connectivity index (χ1) is 40.9. The smallest absolute Gasteiger partial charge is 0.306 e. The lowest BCUT2D eigenvalue weighted by molar-refractivity contribution is -0.138. The molecule has 14 heteroatoms. The Morgan fingerprint density at radius 1 is 0.298 bits per heavy atom. The van der Waals surface area contributed by atoms with Crippen LogP contribution in [-0.2, 0) is 12.4 Å². The number of alkyl halides is 6. The van der Waals surface area contributed by atoms with Gasteiger partial charge in [0.2, 0.25) is 0 Å². The number of thiophene rings is 2. The highest BCUT2D eigenvalue weighted by Gasteiger charge is 2.38. The lowest BCUT2D eigenvalue weighted by Gasteiger charge is -2.27. The Labute approximate surface area is 478 Å². The molecule has 0 saturated heterocycles. The Morgan fingerprint density at radius 2 is 0.595 bits per heavy atom. The standard InChI is InChI=1S/C70H34F6N6S2/c71-69(72,73)37-25-31-57-49(33-37)41-15-3-7-19-53(41)79(57)61-51(35-77)63(81-55-21-9-1-13-39(55)45-27-29-47-43-17-5-11-23-59(43)83-67(47)65(45)81)64(52(36-78)62(61)80-54-20-8-4-16-42(54)50-34-38(70(74,75)76)26-32-58(50)80)82-56-22-10-2-14-40(56)46-28-30-48-44-18-6-12-24-60(44)84-68(48)66(46)82/h1-34H. The zero-order chi connectivity index (χ0) is 56.7. The van der Waals surface area contributed by atoms with Crippen LogP contribution in [0.5, 0.6) is 0 Å². The summed E-state index contributed by atoms with van der Waals surface area (Å²) in [6.45, 7) is 0. The lowest BCUT2D eigenvalue weighted by Crippen LogP contribution is -2.17. The van der Waals surface area contributed by atoms with Crippen molar-refractivity contribution in [1.29, 1.82) is 10.5 Å². The summed E-state index contributed by atoms with van der Waals surface area (Å²) in [5.74, 6) is 0. The third kappa shape index (κ3) is 6.43. The van der Waals surface area contributed by atoms with Crippen molar-refractivity contribution in [3.05, 3.63) is 229 Å². The maximum atomic E-state index is 15.0. The second kappa shape index (κ2) is 17.1. The summed E-state index contributed by atoms with van der Waals surface area (Å²) in [6, 6.07) is 67.3. The number of halogens is 6. The van der Waals surface area contributed by atoms with Gasteiger partial charge in [-0.15, -0.1) is 22.7 Å². The van der Waals surface area contributed by atoms with Crippen LogP contribution in [0, 0.1) is 22.7 Å². The fraction of sp³-hybridized carbons (Fsp3) is 0.0286. The number of hydrogen-bond acceptors (Lipinski definition) is 4. The highest BCUT2D eigenvalue weighted by atomic mass is 32.1. The van der Waals surface area contributed by atoms with E-state index in [1.54, 1.807) is 80.3 Å². The summed E-state index contributed by atoms with van der Waals surface area (Å²) in [4.78, 5) is 0. The molecule has 398 valence electrons. The number of nitrogens with zero attached hydrogens (tertiary/aromatic N) is 6. The Balaban J connectivity index is 1.20. The van der Waals surface area contributed by atoms with Crippen molar-refractivity contribution in [3.8, 4) is 34.9 Å². The first-order valence-corrected chi connectivity index (χ1v) is 28.5. The van der Waals surface area contributed by atoms with E-state index in [1.807, 2.05) is 72.8 Å². The van der Waals surface area contributed by atoms with E-state index in [0.29, 0.717) is 55.2 Å². The first kappa shape index (κ1) is 48.3. The molecule has 0 aliphatic rings. The third-order valence-electron chi connectivity index (χ3n) is 16.9. The van der Waals surface area contributed by atoms with Crippen LogP contribution in [0.15, 0.2) is 206 Å². The second-order valence-electron chi connectivity index (χ2n) is 21.1. The number of rotatable bonds is 4. The molecule has 0 aliphatic heterocycles. The van der Waals surface area contributed by atoms with Gasteiger partial charge in [-0.25, -0.2) is 0 Å². The van der Waals surface area contributed by atoms with Gasteiger partial charge in [0, 0.05) is 74.0 Å². The third-order valence-corrected chi connectivity index (χ3v) is 19.3. The molecule has 0 unspecified atom stereocenters. The largest absolute Gasteiger partial charge is 0.416 e. The summed E-state index contributed by atoms with van der Waals surface area (Å²) in [5, 5.41) is 34.6. The van der Waals surface area contributed by atoms with Crippen molar-refractivity contribution < 1.29 is 26.3 Å². The number of fused-ring (bicyclic) bond motifs is 20. The van der Waals surface area contributed by atoms with Gasteiger partial charge in [-0.1, -0.05) is 133 Å². The average molecular weight is 1140 g/mol. The summed E-state index contributed by atoms with van der Waals surface area (Å²) in [6.07, 6.45) is -9.45. The molecule has 0 saturated carbocycles. The molecule has 6 aromatic heterocycles. The molecule has 0 N–H and O–H groups in total. The Kier molecular flexibility index (Phi) is 9.84. The van der Waals surface area contributed by atoms with Crippen molar-refractivity contribution in [2.75, 3.05) is 0 Å². The lowest BCUT2D eigenvalue weighted by atomic mass is 9.98. The van der Waals surface area contributed by atoms with Crippen molar-refractivity contribution >= 4 is 150 Å². The summed E-state index contributed by atoms with van der Waals surface area (Å²) in [7, 11) is 0. The van der Waals surface area contributed by atoms with Crippen LogP contribution >= 0.6 is 22.7 Å². The zero-order valence-electron chi connectivity index (χ0n) is 43.4. The van der Waals surface area contributed by atoms with Crippen LogP contribution in [-0.4, -0.2) is 18.3 Å². The van der Waals surface area contributed by atoms with E-state index in [9.17, 15) is 36.9 Å². The van der Waals surface area contributed by atoms with E-state index in [-0.39, 0.29) is 33.3 Å². The highest BCUT2D eigenvalue weighted by molar-refractivity contribution is 7.27. The number of para-hydroxylation sites is 4. The Hall–Kier alpha value is -10.4. The van der Waals surface area contributed by atoms with Gasteiger partial charge in [0.05, 0.1) is 87.4 Å². The van der Waals surface area contributed by atoms with E-state index >= 15 is 0 Å². The normalized spacial score (nSPS) is 12.6. The SMILES string of the molecule is N#Cc1c(-n2c3ccccc3c3cc(C(F)(F)F)ccc32)c(-n2c3ccccc3c3cc(C(F)(F)F)ccc32)c(C#N)c(-n2c3ccccc3c3ccc4c5ccccc5sc4c32)c1-n1c2ccccc2c2ccc3c4ccccc4sc3c21. The molecule has 0 atom stereocenters. The van der Waals surface area contributed by atoms with Gasteiger partial charge in [0.25, 0.3) is 0 Å². The van der Waals surface area contributed by atoms with Gasteiger partial charge in [-0.2, -0.15) is 36.9 Å². The molecule has 0 fully saturated rings. The Morgan fingerprint density at radius 3 is 0.964 bits per heavy atom. The molecule has 0 bridgehead atoms. The van der Waals surface area contributed by atoms with E-state index in [2.05, 4.69) is 69.8 Å². The molecular formula is C70H34F6N6S2. The van der Waals surface area contributed by atoms with Gasteiger partial charge in [0.15, 0.2) is 0 Å². The van der Waals surface area contributed by atoms with E-state index in [4.69, 9.17) is 0 Å². The van der Waals surface area contributed by atoms with Crippen LogP contribution in [0.3, 0.4) is 0 Å². The maximum absolute atomic E-state index is 15.0. The van der Waals surface area contributed by atoms with Crippen LogP contribution in [0.4, 0.5) is 26.3 Å². The van der Waals surface area contributed by atoms with Crippen molar-refractivity contribution in [2.24, 2.45) is 0 Å². The minimum absolute atomic E-state index is 0.0367.